The maximum absolute atomic E-state index is 13.1. The second kappa shape index (κ2) is 6.97. The first-order valence-corrected chi connectivity index (χ1v) is 9.45. The summed E-state index contributed by atoms with van der Waals surface area (Å²) >= 11 is 0. The Morgan fingerprint density at radius 3 is 2.32 bits per heavy atom. The van der Waals surface area contributed by atoms with Crippen molar-refractivity contribution in [3.63, 3.8) is 0 Å². The largest absolute Gasteiger partial charge is 0.355 e. The van der Waals surface area contributed by atoms with Gasteiger partial charge in [-0.2, -0.15) is 0 Å². The van der Waals surface area contributed by atoms with E-state index < -0.39 is 0 Å². The van der Waals surface area contributed by atoms with Gasteiger partial charge < -0.3 is 9.97 Å². The maximum atomic E-state index is 13.1. The summed E-state index contributed by atoms with van der Waals surface area (Å²) in [4.78, 5) is 32.9. The smallest absolute Gasteiger partial charge is 0.197 e. The first-order chi connectivity index (χ1) is 13.5. The molecule has 0 fully saturated rings. The van der Waals surface area contributed by atoms with E-state index in [9.17, 15) is 9.59 Å². The van der Waals surface area contributed by atoms with Gasteiger partial charge in [-0.3, -0.25) is 9.59 Å². The van der Waals surface area contributed by atoms with Gasteiger partial charge in [0.1, 0.15) is 0 Å². The SMILES string of the molecule is C\C=C/C=c1/c(=O)c2cc3[nH]c4c(c(=O)c3cc2[nH]/c1=C/C)C=CC(C)C=C4. The van der Waals surface area contributed by atoms with Crippen LogP contribution in [0.2, 0.25) is 0 Å². The third-order valence-corrected chi connectivity index (χ3v) is 5.13. The van der Waals surface area contributed by atoms with Gasteiger partial charge in [0, 0.05) is 32.6 Å². The van der Waals surface area contributed by atoms with Crippen molar-refractivity contribution < 1.29 is 0 Å². The van der Waals surface area contributed by atoms with Crippen LogP contribution in [-0.2, 0) is 0 Å². The first kappa shape index (κ1) is 18.0. The molecule has 2 aromatic heterocycles. The van der Waals surface area contributed by atoms with E-state index in [-0.39, 0.29) is 16.8 Å². The fraction of sp³-hybridized carbons (Fsp3) is 0.167. The molecule has 1 aliphatic rings. The van der Waals surface area contributed by atoms with Gasteiger partial charge in [0.05, 0.1) is 11.0 Å². The van der Waals surface area contributed by atoms with Crippen molar-refractivity contribution in [3.8, 4) is 0 Å². The summed E-state index contributed by atoms with van der Waals surface area (Å²) in [5.74, 6) is 0.260. The normalized spacial score (nSPS) is 17.8. The topological polar surface area (TPSA) is 65.7 Å². The Labute approximate surface area is 161 Å². The fourth-order valence-corrected chi connectivity index (χ4v) is 3.58. The van der Waals surface area contributed by atoms with E-state index in [0.29, 0.717) is 32.6 Å². The third-order valence-electron chi connectivity index (χ3n) is 5.13. The number of benzene rings is 1. The molecule has 0 amide bonds. The van der Waals surface area contributed by atoms with Crippen LogP contribution < -0.4 is 21.4 Å². The van der Waals surface area contributed by atoms with Crippen LogP contribution in [0.25, 0.3) is 46.1 Å². The van der Waals surface area contributed by atoms with Gasteiger partial charge in [-0.05, 0) is 44.1 Å². The van der Waals surface area contributed by atoms with Gasteiger partial charge in [-0.1, -0.05) is 43.4 Å². The Balaban J connectivity index is 2.16. The van der Waals surface area contributed by atoms with Crippen molar-refractivity contribution in [1.82, 2.24) is 9.97 Å². The molecule has 0 saturated carbocycles. The van der Waals surface area contributed by atoms with Gasteiger partial charge in [0.2, 0.25) is 0 Å². The van der Waals surface area contributed by atoms with Crippen LogP contribution in [-0.4, -0.2) is 9.97 Å². The van der Waals surface area contributed by atoms with E-state index in [1.807, 2.05) is 62.5 Å². The average molecular weight is 370 g/mol. The van der Waals surface area contributed by atoms with Crippen LogP contribution in [0.3, 0.4) is 0 Å². The molecule has 0 bridgehead atoms. The Hall–Kier alpha value is -3.40. The minimum Gasteiger partial charge on any atom is -0.355 e. The first-order valence-electron chi connectivity index (χ1n) is 9.45. The zero-order valence-corrected chi connectivity index (χ0v) is 16.2. The van der Waals surface area contributed by atoms with Crippen LogP contribution in [0.4, 0.5) is 0 Å². The molecule has 4 heteroatoms. The monoisotopic (exact) mass is 370 g/mol. The summed E-state index contributed by atoms with van der Waals surface area (Å²) in [5.41, 5.74) is 2.66. The highest BCUT2D eigenvalue weighted by Gasteiger charge is 2.13. The fourth-order valence-electron chi connectivity index (χ4n) is 3.58. The number of hydrogen-bond donors (Lipinski definition) is 2. The molecule has 140 valence electrons. The lowest BCUT2D eigenvalue weighted by Crippen LogP contribution is -2.40. The van der Waals surface area contributed by atoms with Gasteiger partial charge >= 0.3 is 0 Å². The number of pyridine rings is 2. The van der Waals surface area contributed by atoms with E-state index in [1.165, 1.54) is 0 Å². The minimum atomic E-state index is -0.0540. The third kappa shape index (κ3) is 2.87. The van der Waals surface area contributed by atoms with Crippen LogP contribution in [0, 0.1) is 5.92 Å². The van der Waals surface area contributed by atoms with Crippen LogP contribution in [0.5, 0.6) is 0 Å². The zero-order chi connectivity index (χ0) is 19.8. The standard InChI is InChI=1S/C24H22N2O2/c1-4-6-7-15-19(5-2)25-21-12-18-22(13-17(21)23(15)27)26-20-11-9-14(3)8-10-16(20)24(18)28/h4-14,25H,1-3H3,(H,26,28)/b6-4-,15-7+,19-5+. The number of H-pyrrole nitrogens is 2. The van der Waals surface area contributed by atoms with Gasteiger partial charge in [-0.25, -0.2) is 0 Å². The van der Waals surface area contributed by atoms with E-state index in [4.69, 9.17) is 0 Å². The van der Waals surface area contributed by atoms with Gasteiger partial charge in [0.15, 0.2) is 10.9 Å². The Kier molecular flexibility index (Phi) is 4.47. The molecule has 28 heavy (non-hydrogen) atoms. The quantitative estimate of drug-likeness (QED) is 0.646. The summed E-state index contributed by atoms with van der Waals surface area (Å²) in [7, 11) is 0. The molecule has 4 nitrogen and oxygen atoms in total. The van der Waals surface area contributed by atoms with E-state index in [0.717, 1.165) is 11.0 Å². The molecular weight excluding hydrogens is 348 g/mol. The van der Waals surface area contributed by atoms with Gasteiger partial charge in [-0.15, -0.1) is 0 Å². The lowest BCUT2D eigenvalue weighted by molar-refractivity contribution is 0.953. The molecular formula is C24H22N2O2. The summed E-state index contributed by atoms with van der Waals surface area (Å²) in [6.07, 6.45) is 15.3. The molecule has 0 saturated heterocycles. The highest BCUT2D eigenvalue weighted by Crippen LogP contribution is 2.21. The number of allylic oxidation sites excluding steroid dienone is 4. The molecule has 2 N–H and O–H groups in total. The molecule has 1 aliphatic carbocycles. The minimum absolute atomic E-state index is 0.0342. The van der Waals surface area contributed by atoms with Crippen molar-refractivity contribution in [3.05, 3.63) is 78.7 Å². The number of aromatic amines is 2. The van der Waals surface area contributed by atoms with Crippen LogP contribution in [0.1, 0.15) is 32.0 Å². The van der Waals surface area contributed by atoms with E-state index in [1.54, 1.807) is 12.1 Å². The van der Waals surface area contributed by atoms with Crippen LogP contribution >= 0.6 is 0 Å². The molecule has 3 aromatic rings. The molecule has 1 atom stereocenters. The number of aromatic nitrogens is 2. The molecule has 0 aliphatic heterocycles. The molecule has 0 spiro atoms. The Morgan fingerprint density at radius 1 is 0.929 bits per heavy atom. The van der Waals surface area contributed by atoms with Crippen molar-refractivity contribution in [2.45, 2.75) is 20.8 Å². The summed E-state index contributed by atoms with van der Waals surface area (Å²) in [6.45, 7) is 5.87. The summed E-state index contributed by atoms with van der Waals surface area (Å²) in [5, 5.41) is 2.49. The summed E-state index contributed by atoms with van der Waals surface area (Å²) in [6, 6.07) is 3.56. The van der Waals surface area contributed by atoms with Crippen molar-refractivity contribution in [1.29, 1.82) is 0 Å². The predicted octanol–water partition coefficient (Wildman–Crippen LogP) is 3.20. The molecule has 4 rings (SSSR count). The maximum Gasteiger partial charge on any atom is 0.197 e. The van der Waals surface area contributed by atoms with E-state index in [2.05, 4.69) is 16.9 Å². The highest BCUT2D eigenvalue weighted by atomic mass is 16.1. The number of fused-ring (bicyclic) bond motifs is 3. The lowest BCUT2D eigenvalue weighted by atomic mass is 10.0. The van der Waals surface area contributed by atoms with E-state index >= 15 is 0 Å². The summed E-state index contributed by atoms with van der Waals surface area (Å²) < 4.78 is 0. The van der Waals surface area contributed by atoms with Crippen molar-refractivity contribution in [2.24, 2.45) is 5.92 Å². The zero-order valence-electron chi connectivity index (χ0n) is 16.2. The number of nitrogens with one attached hydrogen (secondary N) is 2. The number of hydrogen-bond acceptors (Lipinski definition) is 2. The average Bonchev–Trinajstić information content (AvgIpc) is 2.88. The van der Waals surface area contributed by atoms with Crippen molar-refractivity contribution in [2.75, 3.05) is 0 Å². The predicted molar refractivity (Wildman–Crippen MR) is 119 cm³/mol. The van der Waals surface area contributed by atoms with Crippen molar-refractivity contribution >= 4 is 46.1 Å². The lowest BCUT2D eigenvalue weighted by Gasteiger charge is -2.07. The highest BCUT2D eigenvalue weighted by molar-refractivity contribution is 5.96. The molecule has 1 aromatic carbocycles. The Bertz CT molecular complexity index is 1430. The molecule has 0 radical (unpaired) electrons. The second-order valence-corrected chi connectivity index (χ2v) is 7.06. The van der Waals surface area contributed by atoms with Crippen LogP contribution in [0.15, 0.2) is 46.0 Å². The Morgan fingerprint density at radius 2 is 1.61 bits per heavy atom. The number of rotatable bonds is 1. The van der Waals surface area contributed by atoms with Gasteiger partial charge in [0.25, 0.3) is 0 Å². The molecule has 2 heterocycles. The molecule has 1 unspecified atom stereocenters. The second-order valence-electron chi connectivity index (χ2n) is 7.06.